The molecule has 0 saturated heterocycles. The van der Waals surface area contributed by atoms with Gasteiger partial charge in [0, 0.05) is 5.69 Å². The van der Waals surface area contributed by atoms with E-state index >= 15 is 0 Å². The molecule has 0 radical (unpaired) electrons. The van der Waals surface area contributed by atoms with Crippen LogP contribution in [-0.4, -0.2) is 17.0 Å². The van der Waals surface area contributed by atoms with E-state index in [9.17, 15) is 14.7 Å². The molecule has 0 bridgehead atoms. The number of anilines is 1. The summed E-state index contributed by atoms with van der Waals surface area (Å²) in [7, 11) is 0. The summed E-state index contributed by atoms with van der Waals surface area (Å²) in [6.07, 6.45) is 3.07. The van der Waals surface area contributed by atoms with Crippen LogP contribution >= 0.6 is 0 Å². The predicted octanol–water partition coefficient (Wildman–Crippen LogP) is 3.64. The summed E-state index contributed by atoms with van der Waals surface area (Å²) < 4.78 is 0. The van der Waals surface area contributed by atoms with Crippen LogP contribution in [0.15, 0.2) is 24.3 Å². The third-order valence-corrected chi connectivity index (χ3v) is 4.24. The zero-order valence-corrected chi connectivity index (χ0v) is 12.6. The van der Waals surface area contributed by atoms with E-state index in [4.69, 9.17) is 0 Å². The van der Waals surface area contributed by atoms with Crippen LogP contribution in [0.4, 0.5) is 5.69 Å². The van der Waals surface area contributed by atoms with Gasteiger partial charge in [0.05, 0.1) is 11.8 Å². The SMILES string of the molecule is CC(C)c1cccc(NC(=O)C2CCCCC2C(=O)O)c1. The fraction of sp³-hybridized carbons (Fsp3) is 0.529. The van der Waals surface area contributed by atoms with Gasteiger partial charge in [-0.1, -0.05) is 38.8 Å². The van der Waals surface area contributed by atoms with Gasteiger partial charge in [0.2, 0.25) is 5.91 Å². The Morgan fingerprint density at radius 2 is 1.86 bits per heavy atom. The predicted molar refractivity (Wildman–Crippen MR) is 82.2 cm³/mol. The Bertz CT molecular complexity index is 525. The van der Waals surface area contributed by atoms with Crippen molar-refractivity contribution < 1.29 is 14.7 Å². The second-order valence-corrected chi connectivity index (χ2v) is 6.11. The molecule has 1 aromatic rings. The van der Waals surface area contributed by atoms with Gasteiger partial charge in [0.1, 0.15) is 0 Å². The van der Waals surface area contributed by atoms with Gasteiger partial charge in [-0.3, -0.25) is 9.59 Å². The Labute approximate surface area is 125 Å². The molecule has 1 aliphatic carbocycles. The number of rotatable bonds is 4. The summed E-state index contributed by atoms with van der Waals surface area (Å²) in [5, 5.41) is 12.2. The summed E-state index contributed by atoms with van der Waals surface area (Å²) in [4.78, 5) is 23.7. The van der Waals surface area contributed by atoms with Gasteiger partial charge in [0.25, 0.3) is 0 Å². The number of benzene rings is 1. The van der Waals surface area contributed by atoms with Gasteiger partial charge in [0.15, 0.2) is 0 Å². The Kier molecular flexibility index (Phi) is 4.99. The fourth-order valence-electron chi connectivity index (χ4n) is 2.95. The Morgan fingerprint density at radius 1 is 1.19 bits per heavy atom. The van der Waals surface area contributed by atoms with E-state index in [2.05, 4.69) is 19.2 Å². The molecule has 1 aromatic carbocycles. The van der Waals surface area contributed by atoms with Crippen molar-refractivity contribution in [3.05, 3.63) is 29.8 Å². The monoisotopic (exact) mass is 289 g/mol. The van der Waals surface area contributed by atoms with Crippen LogP contribution in [0.25, 0.3) is 0 Å². The quantitative estimate of drug-likeness (QED) is 0.889. The molecule has 2 N–H and O–H groups in total. The second-order valence-electron chi connectivity index (χ2n) is 6.11. The molecular weight excluding hydrogens is 266 g/mol. The molecule has 0 heterocycles. The molecule has 0 aromatic heterocycles. The van der Waals surface area contributed by atoms with E-state index in [1.807, 2.05) is 24.3 Å². The van der Waals surface area contributed by atoms with E-state index in [1.54, 1.807) is 0 Å². The lowest BCUT2D eigenvalue weighted by atomic mass is 9.78. The lowest BCUT2D eigenvalue weighted by molar-refractivity contribution is -0.147. The summed E-state index contributed by atoms with van der Waals surface area (Å²) >= 11 is 0. The number of nitrogens with one attached hydrogen (secondary N) is 1. The van der Waals surface area contributed by atoms with E-state index in [1.165, 1.54) is 0 Å². The van der Waals surface area contributed by atoms with Gasteiger partial charge < -0.3 is 10.4 Å². The number of hydrogen-bond donors (Lipinski definition) is 2. The van der Waals surface area contributed by atoms with E-state index < -0.39 is 17.8 Å². The molecule has 114 valence electrons. The minimum absolute atomic E-state index is 0.164. The number of carboxylic acids is 1. The molecule has 2 unspecified atom stereocenters. The molecule has 1 aliphatic rings. The first kappa shape index (κ1) is 15.5. The van der Waals surface area contributed by atoms with Crippen molar-refractivity contribution in [1.82, 2.24) is 0 Å². The maximum Gasteiger partial charge on any atom is 0.307 e. The van der Waals surface area contributed by atoms with Gasteiger partial charge in [-0.15, -0.1) is 0 Å². The van der Waals surface area contributed by atoms with Crippen molar-refractivity contribution in [2.75, 3.05) is 5.32 Å². The largest absolute Gasteiger partial charge is 0.481 e. The summed E-state index contributed by atoms with van der Waals surface area (Å²) in [6.45, 7) is 4.20. The second kappa shape index (κ2) is 6.74. The fourth-order valence-corrected chi connectivity index (χ4v) is 2.95. The molecule has 21 heavy (non-hydrogen) atoms. The van der Waals surface area contributed by atoms with Gasteiger partial charge in [-0.05, 0) is 36.5 Å². The first-order chi connectivity index (χ1) is 9.99. The molecule has 4 heteroatoms. The maximum absolute atomic E-state index is 12.4. The molecule has 1 fully saturated rings. The first-order valence-electron chi connectivity index (χ1n) is 7.62. The molecule has 2 atom stereocenters. The average Bonchev–Trinajstić information content (AvgIpc) is 2.47. The zero-order chi connectivity index (χ0) is 15.4. The Balaban J connectivity index is 2.09. The maximum atomic E-state index is 12.4. The van der Waals surface area contributed by atoms with Crippen molar-refractivity contribution >= 4 is 17.6 Å². The molecular formula is C17H23NO3. The molecule has 1 amide bonds. The summed E-state index contributed by atoms with van der Waals surface area (Å²) in [6, 6.07) is 7.75. The van der Waals surface area contributed by atoms with Gasteiger partial charge in [-0.25, -0.2) is 0 Å². The van der Waals surface area contributed by atoms with Crippen molar-refractivity contribution in [1.29, 1.82) is 0 Å². The zero-order valence-electron chi connectivity index (χ0n) is 12.6. The number of hydrogen-bond acceptors (Lipinski definition) is 2. The smallest absolute Gasteiger partial charge is 0.307 e. The number of amides is 1. The van der Waals surface area contributed by atoms with Crippen LogP contribution in [0.5, 0.6) is 0 Å². The summed E-state index contributed by atoms with van der Waals surface area (Å²) in [5.74, 6) is -1.59. The number of carbonyl (C=O) groups excluding carboxylic acids is 1. The Hall–Kier alpha value is -1.84. The van der Waals surface area contributed by atoms with Crippen LogP contribution in [0.3, 0.4) is 0 Å². The highest BCUT2D eigenvalue weighted by molar-refractivity contribution is 5.95. The molecule has 0 spiro atoms. The van der Waals surface area contributed by atoms with Crippen LogP contribution in [0, 0.1) is 11.8 Å². The highest BCUT2D eigenvalue weighted by Gasteiger charge is 2.35. The van der Waals surface area contributed by atoms with E-state index in [0.29, 0.717) is 18.8 Å². The van der Waals surface area contributed by atoms with Crippen LogP contribution in [0.2, 0.25) is 0 Å². The number of carboxylic acid groups (broad SMARTS) is 1. The molecule has 0 aliphatic heterocycles. The van der Waals surface area contributed by atoms with Crippen LogP contribution in [-0.2, 0) is 9.59 Å². The summed E-state index contributed by atoms with van der Waals surface area (Å²) in [5.41, 5.74) is 1.91. The Morgan fingerprint density at radius 3 is 2.48 bits per heavy atom. The highest BCUT2D eigenvalue weighted by Crippen LogP contribution is 2.31. The van der Waals surface area contributed by atoms with Crippen molar-refractivity contribution in [3.63, 3.8) is 0 Å². The van der Waals surface area contributed by atoms with Crippen molar-refractivity contribution in [3.8, 4) is 0 Å². The van der Waals surface area contributed by atoms with Crippen molar-refractivity contribution in [2.24, 2.45) is 11.8 Å². The average molecular weight is 289 g/mol. The number of aliphatic carboxylic acids is 1. The lowest BCUT2D eigenvalue weighted by Crippen LogP contribution is -2.36. The third kappa shape index (κ3) is 3.84. The topological polar surface area (TPSA) is 66.4 Å². The van der Waals surface area contributed by atoms with E-state index in [-0.39, 0.29) is 5.91 Å². The molecule has 1 saturated carbocycles. The molecule has 4 nitrogen and oxygen atoms in total. The minimum atomic E-state index is -0.856. The molecule has 2 rings (SSSR count). The normalized spacial score (nSPS) is 22.0. The van der Waals surface area contributed by atoms with Gasteiger partial charge in [-0.2, -0.15) is 0 Å². The van der Waals surface area contributed by atoms with Crippen molar-refractivity contribution in [2.45, 2.75) is 45.4 Å². The third-order valence-electron chi connectivity index (χ3n) is 4.24. The van der Waals surface area contributed by atoms with Crippen LogP contribution < -0.4 is 5.32 Å². The van der Waals surface area contributed by atoms with Gasteiger partial charge >= 0.3 is 5.97 Å². The van der Waals surface area contributed by atoms with E-state index in [0.717, 1.165) is 24.1 Å². The van der Waals surface area contributed by atoms with Crippen LogP contribution in [0.1, 0.15) is 51.0 Å². The highest BCUT2D eigenvalue weighted by atomic mass is 16.4. The lowest BCUT2D eigenvalue weighted by Gasteiger charge is -2.27. The first-order valence-corrected chi connectivity index (χ1v) is 7.62. The standard InChI is InChI=1S/C17H23NO3/c1-11(2)12-6-5-7-13(10-12)18-16(19)14-8-3-4-9-15(14)17(20)21/h5-7,10-11,14-15H,3-4,8-9H2,1-2H3,(H,18,19)(H,20,21). The minimum Gasteiger partial charge on any atom is -0.481 e. The number of carbonyl (C=O) groups is 2.